The van der Waals surface area contributed by atoms with Gasteiger partial charge in [0.1, 0.15) is 5.82 Å². The molecule has 98 valence electrons. The lowest BCUT2D eigenvalue weighted by Gasteiger charge is -2.08. The number of hydrogen-bond acceptors (Lipinski definition) is 4. The Morgan fingerprint density at radius 1 is 1.26 bits per heavy atom. The number of nitrogens with two attached hydrogens (primary N) is 1. The molecule has 2 aromatic rings. The highest BCUT2D eigenvalue weighted by atomic mass is 19.1. The monoisotopic (exact) mass is 264 g/mol. The first-order chi connectivity index (χ1) is 9.11. The molecule has 0 amide bonds. The molecular formula is C12H10F2N4O. The highest BCUT2D eigenvalue weighted by molar-refractivity contribution is 5.96. The fraction of sp³-hybridized carbons (Fsp3) is 0. The van der Waals surface area contributed by atoms with E-state index in [1.54, 1.807) is 6.07 Å². The topological polar surface area (TPSA) is 83.5 Å². The molecular weight excluding hydrogens is 254 g/mol. The van der Waals surface area contributed by atoms with Gasteiger partial charge in [0.2, 0.25) is 0 Å². The molecule has 7 heteroatoms. The van der Waals surface area contributed by atoms with Crippen LogP contribution in [-0.2, 0) is 0 Å². The third kappa shape index (κ3) is 2.76. The number of para-hydroxylation sites is 1. The molecule has 0 aliphatic heterocycles. The van der Waals surface area contributed by atoms with Crippen LogP contribution in [0.25, 0.3) is 0 Å². The van der Waals surface area contributed by atoms with Gasteiger partial charge < -0.3 is 16.3 Å². The van der Waals surface area contributed by atoms with E-state index in [1.807, 2.05) is 0 Å². The third-order valence-corrected chi connectivity index (χ3v) is 2.37. The van der Waals surface area contributed by atoms with E-state index in [9.17, 15) is 8.78 Å². The number of amidine groups is 1. The van der Waals surface area contributed by atoms with Crippen molar-refractivity contribution >= 4 is 17.3 Å². The van der Waals surface area contributed by atoms with Crippen molar-refractivity contribution in [3.8, 4) is 0 Å². The average Bonchev–Trinajstić information content (AvgIpc) is 2.42. The van der Waals surface area contributed by atoms with Crippen molar-refractivity contribution in [1.82, 2.24) is 4.98 Å². The molecule has 0 atom stereocenters. The van der Waals surface area contributed by atoms with Crippen LogP contribution in [0.4, 0.5) is 20.3 Å². The zero-order valence-electron chi connectivity index (χ0n) is 9.64. The first kappa shape index (κ1) is 12.7. The van der Waals surface area contributed by atoms with Crippen LogP contribution in [0.15, 0.2) is 41.7 Å². The Labute approximate surface area is 107 Å². The molecule has 0 spiro atoms. The van der Waals surface area contributed by atoms with Gasteiger partial charge in [-0.2, -0.15) is 0 Å². The van der Waals surface area contributed by atoms with Crippen LogP contribution in [0.2, 0.25) is 0 Å². The van der Waals surface area contributed by atoms with Crippen LogP contribution >= 0.6 is 0 Å². The molecule has 19 heavy (non-hydrogen) atoms. The molecule has 0 aliphatic rings. The molecule has 1 aromatic carbocycles. The number of anilines is 2. The standard InChI is InChI=1S/C12H10F2N4O/c13-8-3-1-2-4-10(8)17-12-9(14)5-7(6-16-12)11(15)18-19/h1-6,19H,(H2,15,18)(H,16,17). The second-order valence-corrected chi connectivity index (χ2v) is 3.64. The maximum absolute atomic E-state index is 13.7. The second-order valence-electron chi connectivity index (χ2n) is 3.64. The van der Waals surface area contributed by atoms with Crippen molar-refractivity contribution in [1.29, 1.82) is 0 Å². The predicted octanol–water partition coefficient (Wildman–Crippen LogP) is 2.20. The predicted molar refractivity (Wildman–Crippen MR) is 66.4 cm³/mol. The molecule has 1 heterocycles. The van der Waals surface area contributed by atoms with Gasteiger partial charge in [0, 0.05) is 11.8 Å². The Kier molecular flexibility index (Phi) is 3.56. The van der Waals surface area contributed by atoms with Crippen molar-refractivity contribution < 1.29 is 14.0 Å². The first-order valence-electron chi connectivity index (χ1n) is 5.27. The summed E-state index contributed by atoms with van der Waals surface area (Å²) in [6, 6.07) is 6.85. The highest BCUT2D eigenvalue weighted by Gasteiger charge is 2.09. The SMILES string of the molecule is NC(=NO)c1cnc(Nc2ccccc2F)c(F)c1. The molecule has 5 nitrogen and oxygen atoms in total. The fourth-order valence-corrected chi connectivity index (χ4v) is 1.42. The molecule has 0 fully saturated rings. The number of benzene rings is 1. The normalized spacial score (nSPS) is 11.4. The van der Waals surface area contributed by atoms with Crippen LogP contribution in [-0.4, -0.2) is 16.0 Å². The van der Waals surface area contributed by atoms with Gasteiger partial charge in [-0.15, -0.1) is 0 Å². The zero-order chi connectivity index (χ0) is 13.8. The van der Waals surface area contributed by atoms with Gasteiger partial charge in [0.25, 0.3) is 0 Å². The van der Waals surface area contributed by atoms with E-state index in [0.717, 1.165) is 6.07 Å². The van der Waals surface area contributed by atoms with Crippen LogP contribution in [0, 0.1) is 11.6 Å². The van der Waals surface area contributed by atoms with Gasteiger partial charge in [-0.1, -0.05) is 17.3 Å². The number of rotatable bonds is 3. The van der Waals surface area contributed by atoms with Gasteiger partial charge in [-0.3, -0.25) is 0 Å². The lowest BCUT2D eigenvalue weighted by molar-refractivity contribution is 0.318. The summed E-state index contributed by atoms with van der Waals surface area (Å²) in [7, 11) is 0. The van der Waals surface area contributed by atoms with Crippen LogP contribution in [0.5, 0.6) is 0 Å². The van der Waals surface area contributed by atoms with E-state index in [4.69, 9.17) is 10.9 Å². The number of nitrogens with zero attached hydrogens (tertiary/aromatic N) is 2. The fourth-order valence-electron chi connectivity index (χ4n) is 1.42. The van der Waals surface area contributed by atoms with E-state index in [2.05, 4.69) is 15.5 Å². The summed E-state index contributed by atoms with van der Waals surface area (Å²) in [6.07, 6.45) is 1.21. The molecule has 0 radical (unpaired) electrons. The number of aromatic nitrogens is 1. The van der Waals surface area contributed by atoms with E-state index < -0.39 is 11.6 Å². The van der Waals surface area contributed by atoms with Gasteiger partial charge in [-0.05, 0) is 18.2 Å². The summed E-state index contributed by atoms with van der Waals surface area (Å²) >= 11 is 0. The molecule has 0 saturated heterocycles. The number of halogens is 2. The Hall–Kier alpha value is -2.70. The summed E-state index contributed by atoms with van der Waals surface area (Å²) < 4.78 is 27.1. The number of oxime groups is 1. The summed E-state index contributed by atoms with van der Waals surface area (Å²) in [4.78, 5) is 3.76. The van der Waals surface area contributed by atoms with E-state index in [-0.39, 0.29) is 22.9 Å². The summed E-state index contributed by atoms with van der Waals surface area (Å²) in [5, 5.41) is 13.7. The molecule has 0 aliphatic carbocycles. The minimum atomic E-state index is -0.743. The molecule has 2 rings (SSSR count). The molecule has 0 unspecified atom stereocenters. The van der Waals surface area contributed by atoms with E-state index >= 15 is 0 Å². The summed E-state index contributed by atoms with van der Waals surface area (Å²) in [6.45, 7) is 0. The van der Waals surface area contributed by atoms with Crippen molar-refractivity contribution in [2.45, 2.75) is 0 Å². The van der Waals surface area contributed by atoms with Crippen molar-refractivity contribution in [2.24, 2.45) is 10.9 Å². The van der Waals surface area contributed by atoms with Gasteiger partial charge >= 0.3 is 0 Å². The van der Waals surface area contributed by atoms with E-state index in [0.29, 0.717) is 0 Å². The molecule has 4 N–H and O–H groups in total. The first-order valence-corrected chi connectivity index (χ1v) is 5.27. The van der Waals surface area contributed by atoms with Crippen molar-refractivity contribution in [3.63, 3.8) is 0 Å². The van der Waals surface area contributed by atoms with Crippen LogP contribution in [0.1, 0.15) is 5.56 Å². The lowest BCUT2D eigenvalue weighted by atomic mass is 10.2. The molecule has 0 saturated carbocycles. The Bertz CT molecular complexity index is 631. The second kappa shape index (κ2) is 5.30. The van der Waals surface area contributed by atoms with Crippen molar-refractivity contribution in [2.75, 3.05) is 5.32 Å². The molecule has 0 bridgehead atoms. The largest absolute Gasteiger partial charge is 0.409 e. The van der Waals surface area contributed by atoms with Gasteiger partial charge in [0.15, 0.2) is 17.5 Å². The Balaban J connectivity index is 2.30. The minimum Gasteiger partial charge on any atom is -0.409 e. The molecule has 1 aromatic heterocycles. The maximum Gasteiger partial charge on any atom is 0.171 e. The van der Waals surface area contributed by atoms with E-state index in [1.165, 1.54) is 24.4 Å². The quantitative estimate of drug-likeness (QED) is 0.343. The Morgan fingerprint density at radius 2 is 2.00 bits per heavy atom. The third-order valence-electron chi connectivity index (χ3n) is 2.37. The van der Waals surface area contributed by atoms with Gasteiger partial charge in [0.05, 0.1) is 5.69 Å². The maximum atomic E-state index is 13.7. The lowest BCUT2D eigenvalue weighted by Crippen LogP contribution is -2.14. The average molecular weight is 264 g/mol. The summed E-state index contributed by atoms with van der Waals surface area (Å²) in [5.41, 5.74) is 5.53. The van der Waals surface area contributed by atoms with Crippen LogP contribution < -0.4 is 11.1 Å². The minimum absolute atomic E-state index is 0.102. The highest BCUT2D eigenvalue weighted by Crippen LogP contribution is 2.20. The van der Waals surface area contributed by atoms with Crippen LogP contribution in [0.3, 0.4) is 0 Å². The van der Waals surface area contributed by atoms with Gasteiger partial charge in [-0.25, -0.2) is 13.8 Å². The zero-order valence-corrected chi connectivity index (χ0v) is 9.64. The Morgan fingerprint density at radius 3 is 2.63 bits per heavy atom. The number of pyridine rings is 1. The smallest absolute Gasteiger partial charge is 0.171 e. The van der Waals surface area contributed by atoms with Crippen molar-refractivity contribution in [3.05, 3.63) is 53.7 Å². The number of nitrogens with one attached hydrogen (secondary N) is 1. The summed E-state index contributed by atoms with van der Waals surface area (Å²) in [5.74, 6) is -1.68. The number of hydrogen-bond donors (Lipinski definition) is 3.